The molecule has 1 aromatic rings. The largest absolute Gasteiger partial charge is 0.368 e. The molecule has 1 aliphatic rings. The van der Waals surface area contributed by atoms with Gasteiger partial charge in [-0.15, -0.1) is 0 Å². The van der Waals surface area contributed by atoms with E-state index in [1.165, 1.54) is 0 Å². The lowest BCUT2D eigenvalue weighted by Gasteiger charge is -2.31. The fourth-order valence-electron chi connectivity index (χ4n) is 2.17. The Kier molecular flexibility index (Phi) is 5.00. The molecule has 3 nitrogen and oxygen atoms in total. The molecule has 0 unspecified atom stereocenters. The normalized spacial score (nSPS) is 16.5. The highest BCUT2D eigenvalue weighted by molar-refractivity contribution is 6.30. The number of nitrogens with zero attached hydrogens (tertiary/aromatic N) is 1. The molecule has 0 bridgehead atoms. The minimum absolute atomic E-state index is 0.147. The fourth-order valence-corrected chi connectivity index (χ4v) is 2.36. The van der Waals surface area contributed by atoms with Crippen molar-refractivity contribution in [2.45, 2.75) is 13.3 Å². The molecule has 1 aromatic carbocycles. The Bertz CT molecular complexity index is 479. The van der Waals surface area contributed by atoms with Crippen molar-refractivity contribution in [1.82, 2.24) is 10.2 Å². The lowest BCUT2D eigenvalue weighted by molar-refractivity contribution is -0.114. The van der Waals surface area contributed by atoms with Crippen LogP contribution in [0.3, 0.4) is 0 Å². The topological polar surface area (TPSA) is 32.3 Å². The summed E-state index contributed by atoms with van der Waals surface area (Å²) in [4.78, 5) is 14.0. The van der Waals surface area contributed by atoms with Gasteiger partial charge in [0.1, 0.15) is 0 Å². The summed E-state index contributed by atoms with van der Waals surface area (Å²) >= 11 is 6.06. The van der Waals surface area contributed by atoms with Gasteiger partial charge in [-0.05, 0) is 17.7 Å². The second kappa shape index (κ2) is 6.73. The Morgan fingerprint density at radius 3 is 2.79 bits per heavy atom. The second-order valence-electron chi connectivity index (χ2n) is 4.60. The Morgan fingerprint density at radius 2 is 2.16 bits per heavy atom. The monoisotopic (exact) mass is 278 g/mol. The number of piperazine rings is 1. The van der Waals surface area contributed by atoms with Crippen LogP contribution in [0.15, 0.2) is 30.3 Å². The number of hydrogen-bond donors (Lipinski definition) is 1. The number of allylic oxidation sites excluding steroid dienone is 1. The highest BCUT2D eigenvalue weighted by Crippen LogP contribution is 2.23. The molecule has 1 heterocycles. The van der Waals surface area contributed by atoms with Crippen molar-refractivity contribution < 1.29 is 4.79 Å². The minimum Gasteiger partial charge on any atom is -0.368 e. The summed E-state index contributed by atoms with van der Waals surface area (Å²) in [5.41, 5.74) is 1.99. The van der Waals surface area contributed by atoms with E-state index in [4.69, 9.17) is 11.6 Å². The quantitative estimate of drug-likeness (QED) is 0.859. The second-order valence-corrected chi connectivity index (χ2v) is 5.03. The van der Waals surface area contributed by atoms with Crippen LogP contribution in [-0.2, 0) is 4.79 Å². The number of carbonyl (C=O) groups is 1. The lowest BCUT2D eigenvalue weighted by Crippen LogP contribution is -2.42. The van der Waals surface area contributed by atoms with Gasteiger partial charge in [-0.2, -0.15) is 0 Å². The van der Waals surface area contributed by atoms with Crippen LogP contribution in [0.2, 0.25) is 5.02 Å². The zero-order valence-electron chi connectivity index (χ0n) is 11.2. The van der Waals surface area contributed by atoms with Gasteiger partial charge in [-0.25, -0.2) is 0 Å². The average molecular weight is 279 g/mol. The summed E-state index contributed by atoms with van der Waals surface area (Å²) < 4.78 is 0. The van der Waals surface area contributed by atoms with Gasteiger partial charge < -0.3 is 10.2 Å². The van der Waals surface area contributed by atoms with Gasteiger partial charge in [-0.3, -0.25) is 4.79 Å². The van der Waals surface area contributed by atoms with E-state index in [9.17, 15) is 4.79 Å². The predicted molar refractivity (Wildman–Crippen MR) is 79.2 cm³/mol. The SMILES string of the molecule is CCC(=O)C=C(c1cccc(Cl)c1)N1CCNCC1. The molecule has 4 heteroatoms. The zero-order valence-corrected chi connectivity index (χ0v) is 11.9. The number of halogens is 1. The van der Waals surface area contributed by atoms with Gasteiger partial charge in [0.25, 0.3) is 0 Å². The number of rotatable bonds is 4. The van der Waals surface area contributed by atoms with Crippen LogP contribution in [0.4, 0.5) is 0 Å². The molecule has 0 saturated carbocycles. The molecule has 0 spiro atoms. The number of nitrogens with one attached hydrogen (secondary N) is 1. The third kappa shape index (κ3) is 3.82. The van der Waals surface area contributed by atoms with Crippen LogP contribution in [0.1, 0.15) is 18.9 Å². The summed E-state index contributed by atoms with van der Waals surface area (Å²) in [7, 11) is 0. The van der Waals surface area contributed by atoms with E-state index in [0.717, 1.165) is 37.4 Å². The van der Waals surface area contributed by atoms with Crippen molar-refractivity contribution in [3.8, 4) is 0 Å². The molecule has 0 atom stereocenters. The maximum absolute atomic E-state index is 11.8. The molecule has 1 fully saturated rings. The minimum atomic E-state index is 0.147. The molecule has 0 radical (unpaired) electrons. The molecular weight excluding hydrogens is 260 g/mol. The molecule has 0 amide bonds. The van der Waals surface area contributed by atoms with Gasteiger partial charge in [0.05, 0.1) is 0 Å². The van der Waals surface area contributed by atoms with Crippen molar-refractivity contribution >= 4 is 23.1 Å². The van der Waals surface area contributed by atoms with Crippen LogP contribution in [0, 0.1) is 0 Å². The molecule has 19 heavy (non-hydrogen) atoms. The third-order valence-corrected chi connectivity index (χ3v) is 3.46. The first-order valence-electron chi connectivity index (χ1n) is 6.67. The van der Waals surface area contributed by atoms with E-state index < -0.39 is 0 Å². The fraction of sp³-hybridized carbons (Fsp3) is 0.400. The summed E-state index contributed by atoms with van der Waals surface area (Å²) in [6.07, 6.45) is 2.27. The number of benzene rings is 1. The van der Waals surface area contributed by atoms with Gasteiger partial charge in [0.15, 0.2) is 5.78 Å². The van der Waals surface area contributed by atoms with Gasteiger partial charge in [0, 0.05) is 49.4 Å². The number of carbonyl (C=O) groups excluding carboxylic acids is 1. The highest BCUT2D eigenvalue weighted by atomic mass is 35.5. The Hall–Kier alpha value is -1.32. The first-order chi connectivity index (χ1) is 9.20. The summed E-state index contributed by atoms with van der Waals surface area (Å²) in [5.74, 6) is 0.147. The van der Waals surface area contributed by atoms with E-state index in [0.29, 0.717) is 11.4 Å². The van der Waals surface area contributed by atoms with Crippen LogP contribution in [0.25, 0.3) is 5.70 Å². The summed E-state index contributed by atoms with van der Waals surface area (Å²) in [5, 5.41) is 4.02. The predicted octanol–water partition coefficient (Wildman–Crippen LogP) is 2.57. The Labute approximate surface area is 119 Å². The molecule has 1 N–H and O–H groups in total. The van der Waals surface area contributed by atoms with Crippen molar-refractivity contribution in [3.05, 3.63) is 40.9 Å². The highest BCUT2D eigenvalue weighted by Gasteiger charge is 2.15. The third-order valence-electron chi connectivity index (χ3n) is 3.22. The van der Waals surface area contributed by atoms with E-state index in [2.05, 4.69) is 10.2 Å². The van der Waals surface area contributed by atoms with Crippen molar-refractivity contribution in [3.63, 3.8) is 0 Å². The van der Waals surface area contributed by atoms with Crippen LogP contribution >= 0.6 is 11.6 Å². The lowest BCUT2D eigenvalue weighted by atomic mass is 10.1. The molecule has 0 aliphatic carbocycles. The molecule has 1 aliphatic heterocycles. The maximum atomic E-state index is 11.8. The van der Waals surface area contributed by atoms with Crippen molar-refractivity contribution in [2.75, 3.05) is 26.2 Å². The molecule has 1 saturated heterocycles. The van der Waals surface area contributed by atoms with Gasteiger partial charge in [-0.1, -0.05) is 30.7 Å². The van der Waals surface area contributed by atoms with E-state index in [-0.39, 0.29) is 5.78 Å². The van der Waals surface area contributed by atoms with E-state index >= 15 is 0 Å². The molecule has 0 aromatic heterocycles. The molecular formula is C15H19ClN2O. The summed E-state index contributed by atoms with van der Waals surface area (Å²) in [6, 6.07) is 7.69. The molecule has 102 valence electrons. The standard InChI is InChI=1S/C15H19ClN2O/c1-2-14(19)11-15(18-8-6-17-7-9-18)12-4-3-5-13(16)10-12/h3-5,10-11,17H,2,6-9H2,1H3. The Balaban J connectivity index is 2.33. The number of ketones is 1. The first kappa shape index (κ1) is 14.1. The average Bonchev–Trinajstić information content (AvgIpc) is 2.45. The van der Waals surface area contributed by atoms with Gasteiger partial charge >= 0.3 is 0 Å². The zero-order chi connectivity index (χ0) is 13.7. The van der Waals surface area contributed by atoms with Crippen LogP contribution in [0.5, 0.6) is 0 Å². The molecule has 2 rings (SSSR count). The van der Waals surface area contributed by atoms with Crippen LogP contribution < -0.4 is 5.32 Å². The van der Waals surface area contributed by atoms with Crippen molar-refractivity contribution in [2.24, 2.45) is 0 Å². The number of hydrogen-bond acceptors (Lipinski definition) is 3. The van der Waals surface area contributed by atoms with E-state index in [1.807, 2.05) is 31.2 Å². The van der Waals surface area contributed by atoms with Crippen molar-refractivity contribution in [1.29, 1.82) is 0 Å². The Morgan fingerprint density at radius 1 is 1.42 bits per heavy atom. The van der Waals surface area contributed by atoms with Gasteiger partial charge in [0.2, 0.25) is 0 Å². The smallest absolute Gasteiger partial charge is 0.157 e. The maximum Gasteiger partial charge on any atom is 0.157 e. The van der Waals surface area contributed by atoms with Crippen LogP contribution in [-0.4, -0.2) is 36.9 Å². The summed E-state index contributed by atoms with van der Waals surface area (Å²) in [6.45, 7) is 5.59. The first-order valence-corrected chi connectivity index (χ1v) is 7.04. The van der Waals surface area contributed by atoms with E-state index in [1.54, 1.807) is 6.08 Å².